The molecule has 176 valence electrons. The normalized spacial score (nSPS) is 23.8. The molecule has 7 nitrogen and oxygen atoms in total. The van der Waals surface area contributed by atoms with Crippen molar-refractivity contribution in [3.8, 4) is 5.75 Å². The molecule has 0 saturated carbocycles. The van der Waals surface area contributed by atoms with Gasteiger partial charge in [-0.1, -0.05) is 39.8 Å². The van der Waals surface area contributed by atoms with Crippen molar-refractivity contribution in [1.29, 1.82) is 0 Å². The molecule has 0 bridgehead atoms. The Morgan fingerprint density at radius 2 is 1.66 bits per heavy atom. The van der Waals surface area contributed by atoms with Crippen molar-refractivity contribution in [2.24, 2.45) is 11.8 Å². The number of phenols is 1. The fraction of sp³-hybridized carbons (Fsp3) is 0.640. The molecule has 3 amide bonds. The Balaban J connectivity index is 1.91. The van der Waals surface area contributed by atoms with Crippen LogP contribution in [0, 0.1) is 11.8 Å². The second kappa shape index (κ2) is 9.92. The Kier molecular flexibility index (Phi) is 7.47. The van der Waals surface area contributed by atoms with Crippen LogP contribution in [0.5, 0.6) is 5.75 Å². The van der Waals surface area contributed by atoms with Crippen LogP contribution in [0.4, 0.5) is 0 Å². The van der Waals surface area contributed by atoms with Gasteiger partial charge in [0.05, 0.1) is 6.04 Å². The van der Waals surface area contributed by atoms with Crippen molar-refractivity contribution < 1.29 is 19.5 Å². The number of carbonyl (C=O) groups excluding carboxylic acids is 3. The minimum atomic E-state index is -0.641. The molecule has 1 aromatic rings. The van der Waals surface area contributed by atoms with E-state index in [0.29, 0.717) is 38.4 Å². The smallest absolute Gasteiger partial charge is 0.246 e. The molecule has 2 saturated heterocycles. The summed E-state index contributed by atoms with van der Waals surface area (Å²) < 4.78 is 0. The van der Waals surface area contributed by atoms with Gasteiger partial charge in [0.15, 0.2) is 0 Å². The molecule has 0 radical (unpaired) electrons. The van der Waals surface area contributed by atoms with E-state index in [4.69, 9.17) is 0 Å². The average Bonchev–Trinajstić information content (AvgIpc) is 2.71. The number of carbonyl (C=O) groups is 3. The largest absolute Gasteiger partial charge is 0.508 e. The molecule has 0 unspecified atom stereocenters. The molecule has 0 aliphatic carbocycles. The number of benzene rings is 1. The number of phenolic OH excluding ortho intramolecular Hbond substituents is 1. The number of piperazine rings is 2. The summed E-state index contributed by atoms with van der Waals surface area (Å²) in [5, 5.41) is 9.58. The highest BCUT2D eigenvalue weighted by Gasteiger charge is 2.50. The van der Waals surface area contributed by atoms with Crippen molar-refractivity contribution in [1.82, 2.24) is 14.7 Å². The van der Waals surface area contributed by atoms with Crippen molar-refractivity contribution >= 4 is 17.7 Å². The Morgan fingerprint density at radius 3 is 2.22 bits per heavy atom. The third-order valence-corrected chi connectivity index (χ3v) is 6.52. The summed E-state index contributed by atoms with van der Waals surface area (Å²) in [4.78, 5) is 45.1. The van der Waals surface area contributed by atoms with Gasteiger partial charge in [-0.05, 0) is 42.4 Å². The summed E-state index contributed by atoms with van der Waals surface area (Å²) in [6.45, 7) is 11.5. The summed E-state index contributed by atoms with van der Waals surface area (Å²) in [6, 6.07) is 5.41. The van der Waals surface area contributed by atoms with Gasteiger partial charge in [-0.2, -0.15) is 0 Å². The monoisotopic (exact) mass is 443 g/mol. The van der Waals surface area contributed by atoms with E-state index in [9.17, 15) is 19.5 Å². The zero-order valence-corrected chi connectivity index (χ0v) is 20.0. The highest BCUT2D eigenvalue weighted by atomic mass is 16.3. The van der Waals surface area contributed by atoms with Gasteiger partial charge in [0.25, 0.3) is 0 Å². The summed E-state index contributed by atoms with van der Waals surface area (Å²) in [5.74, 6) is 0.667. The Labute approximate surface area is 191 Å². The predicted molar refractivity (Wildman–Crippen MR) is 123 cm³/mol. The van der Waals surface area contributed by atoms with Crippen LogP contribution in [-0.4, -0.2) is 75.3 Å². The highest BCUT2D eigenvalue weighted by Crippen LogP contribution is 2.30. The standard InChI is InChI=1S/C25H37N3O4/c1-16(2)10-11-26-14-20-15-27(18(5)29)22(13-19-6-8-21(30)9-7-19)25(32)28(20)23(24(26)31)12-17(3)4/h6-9,16-17,20,22-23,30H,10-15H2,1-5H3/t20-,22+,23+/m1/s1. The van der Waals surface area contributed by atoms with E-state index in [1.165, 1.54) is 6.92 Å². The van der Waals surface area contributed by atoms with E-state index < -0.39 is 12.1 Å². The van der Waals surface area contributed by atoms with Crippen molar-refractivity contribution in [3.05, 3.63) is 29.8 Å². The van der Waals surface area contributed by atoms with Crippen LogP contribution in [0.2, 0.25) is 0 Å². The molecule has 2 heterocycles. The van der Waals surface area contributed by atoms with Gasteiger partial charge in [0, 0.05) is 33.0 Å². The first-order chi connectivity index (χ1) is 15.1. The zero-order valence-electron chi connectivity index (χ0n) is 20.0. The minimum absolute atomic E-state index is 0.0311. The number of hydrogen-bond acceptors (Lipinski definition) is 4. The Hall–Kier alpha value is -2.57. The second-order valence-corrected chi connectivity index (χ2v) is 10.1. The lowest BCUT2D eigenvalue weighted by atomic mass is 9.90. The van der Waals surface area contributed by atoms with Crippen molar-refractivity contribution in [2.45, 2.75) is 72.0 Å². The number of amides is 3. The third-order valence-electron chi connectivity index (χ3n) is 6.52. The Morgan fingerprint density at radius 1 is 1.00 bits per heavy atom. The molecule has 3 rings (SSSR count). The number of hydrogen-bond donors (Lipinski definition) is 1. The first kappa shape index (κ1) is 24.1. The molecule has 7 heteroatoms. The first-order valence-electron chi connectivity index (χ1n) is 11.7. The van der Waals surface area contributed by atoms with Crippen molar-refractivity contribution in [2.75, 3.05) is 19.6 Å². The van der Waals surface area contributed by atoms with Gasteiger partial charge in [-0.15, -0.1) is 0 Å². The van der Waals surface area contributed by atoms with Gasteiger partial charge in [0.2, 0.25) is 17.7 Å². The van der Waals surface area contributed by atoms with Crippen molar-refractivity contribution in [3.63, 3.8) is 0 Å². The fourth-order valence-electron chi connectivity index (χ4n) is 4.83. The molecule has 32 heavy (non-hydrogen) atoms. The third kappa shape index (κ3) is 5.25. The lowest BCUT2D eigenvalue weighted by molar-refractivity contribution is -0.170. The van der Waals surface area contributed by atoms with E-state index in [2.05, 4.69) is 27.7 Å². The first-order valence-corrected chi connectivity index (χ1v) is 11.7. The van der Waals surface area contributed by atoms with Crippen LogP contribution >= 0.6 is 0 Å². The number of nitrogens with zero attached hydrogens (tertiary/aromatic N) is 3. The number of aromatic hydroxyl groups is 1. The summed E-state index contributed by atoms with van der Waals surface area (Å²) >= 11 is 0. The summed E-state index contributed by atoms with van der Waals surface area (Å²) in [7, 11) is 0. The van der Waals surface area contributed by atoms with Gasteiger partial charge in [-0.3, -0.25) is 14.4 Å². The topological polar surface area (TPSA) is 81.2 Å². The average molecular weight is 444 g/mol. The maximum atomic E-state index is 13.8. The molecular formula is C25H37N3O4. The van der Waals surface area contributed by atoms with Crippen LogP contribution in [0.25, 0.3) is 0 Å². The maximum Gasteiger partial charge on any atom is 0.246 e. The molecule has 0 spiro atoms. The van der Waals surface area contributed by atoms with Crippen LogP contribution in [-0.2, 0) is 20.8 Å². The summed E-state index contributed by atoms with van der Waals surface area (Å²) in [5.41, 5.74) is 0.869. The van der Waals surface area contributed by atoms with Crippen LogP contribution < -0.4 is 0 Å². The molecule has 0 aromatic heterocycles. The van der Waals surface area contributed by atoms with E-state index in [0.717, 1.165) is 12.0 Å². The molecule has 1 aromatic carbocycles. The zero-order chi connectivity index (χ0) is 23.6. The van der Waals surface area contributed by atoms with Gasteiger partial charge in [0.1, 0.15) is 17.8 Å². The lowest BCUT2D eigenvalue weighted by Crippen LogP contribution is -2.73. The van der Waals surface area contributed by atoms with Crippen LogP contribution in [0.1, 0.15) is 53.0 Å². The van der Waals surface area contributed by atoms with E-state index in [1.54, 1.807) is 34.1 Å². The van der Waals surface area contributed by atoms with Gasteiger partial charge < -0.3 is 19.8 Å². The fourth-order valence-corrected chi connectivity index (χ4v) is 4.83. The second-order valence-electron chi connectivity index (χ2n) is 10.1. The van der Waals surface area contributed by atoms with Gasteiger partial charge in [-0.25, -0.2) is 0 Å². The van der Waals surface area contributed by atoms with Gasteiger partial charge >= 0.3 is 0 Å². The quantitative estimate of drug-likeness (QED) is 0.703. The van der Waals surface area contributed by atoms with E-state index >= 15 is 0 Å². The molecule has 2 aliphatic heterocycles. The van der Waals surface area contributed by atoms with E-state index in [1.807, 2.05) is 4.90 Å². The number of rotatable bonds is 7. The van der Waals surface area contributed by atoms with E-state index in [-0.39, 0.29) is 35.4 Å². The Bertz CT molecular complexity index is 836. The molecule has 3 atom stereocenters. The predicted octanol–water partition coefficient (Wildman–Crippen LogP) is 2.67. The molecule has 2 aliphatic rings. The maximum absolute atomic E-state index is 13.8. The SMILES string of the molecule is CC(=O)N1C[C@H]2CN(CCC(C)C)C(=O)[C@H](CC(C)C)N2C(=O)[C@@H]1Cc1ccc(O)cc1. The molecular weight excluding hydrogens is 406 g/mol. The summed E-state index contributed by atoms with van der Waals surface area (Å²) in [6.07, 6.45) is 1.90. The van der Waals surface area contributed by atoms with Crippen LogP contribution in [0.15, 0.2) is 24.3 Å². The lowest BCUT2D eigenvalue weighted by Gasteiger charge is -2.53. The van der Waals surface area contributed by atoms with Crippen LogP contribution in [0.3, 0.4) is 0 Å². The molecule has 2 fully saturated rings. The molecule has 1 N–H and O–H groups in total. The minimum Gasteiger partial charge on any atom is -0.508 e. The number of fused-ring (bicyclic) bond motifs is 1. The highest BCUT2D eigenvalue weighted by molar-refractivity contribution is 5.94.